The van der Waals surface area contributed by atoms with Crippen LogP contribution in [0.1, 0.15) is 15.9 Å². The molecule has 0 aliphatic heterocycles. The fraction of sp³-hybridized carbons (Fsp3) is 0.133. The number of nitrogen functional groups attached to an aromatic ring is 1. The van der Waals surface area contributed by atoms with Crippen molar-refractivity contribution in [3.63, 3.8) is 0 Å². The maximum absolute atomic E-state index is 12.0. The van der Waals surface area contributed by atoms with Crippen molar-refractivity contribution in [3.8, 4) is 0 Å². The van der Waals surface area contributed by atoms with Crippen LogP contribution in [0.25, 0.3) is 0 Å². The fourth-order valence-corrected chi connectivity index (χ4v) is 2.40. The third-order valence-electron chi connectivity index (χ3n) is 2.95. The number of hydrogen-bond acceptors (Lipinski definition) is 2. The van der Waals surface area contributed by atoms with Gasteiger partial charge in [0.05, 0.1) is 15.7 Å². The number of carbonyl (C=O) groups is 1. The van der Waals surface area contributed by atoms with Gasteiger partial charge < -0.3 is 11.1 Å². The quantitative estimate of drug-likeness (QED) is 0.817. The highest BCUT2D eigenvalue weighted by molar-refractivity contribution is 6.39. The van der Waals surface area contributed by atoms with Gasteiger partial charge in [-0.25, -0.2) is 0 Å². The molecule has 2 rings (SSSR count). The summed E-state index contributed by atoms with van der Waals surface area (Å²) in [5.41, 5.74) is 7.38. The second-order valence-corrected chi connectivity index (χ2v) is 5.74. The highest BCUT2D eigenvalue weighted by atomic mass is 35.5. The monoisotopic (exact) mass is 342 g/mol. The highest BCUT2D eigenvalue weighted by Crippen LogP contribution is 2.28. The predicted octanol–water partition coefficient (Wildman–Crippen LogP) is 4.20. The van der Waals surface area contributed by atoms with Crippen LogP contribution in [0.5, 0.6) is 0 Å². The van der Waals surface area contributed by atoms with Gasteiger partial charge in [0.2, 0.25) is 0 Å². The lowest BCUT2D eigenvalue weighted by Gasteiger charge is -2.08. The fourth-order valence-electron chi connectivity index (χ4n) is 1.79. The molecule has 0 saturated carbocycles. The van der Waals surface area contributed by atoms with Crippen LogP contribution in [-0.4, -0.2) is 12.5 Å². The zero-order chi connectivity index (χ0) is 15.4. The minimum absolute atomic E-state index is 0.243. The zero-order valence-corrected chi connectivity index (χ0v) is 13.3. The summed E-state index contributed by atoms with van der Waals surface area (Å²) in [6, 6.07) is 10.5. The van der Waals surface area contributed by atoms with Crippen molar-refractivity contribution in [2.24, 2.45) is 0 Å². The molecule has 0 aliphatic carbocycles. The summed E-state index contributed by atoms with van der Waals surface area (Å²) in [4.78, 5) is 12.0. The summed E-state index contributed by atoms with van der Waals surface area (Å²) in [7, 11) is 0. The molecule has 0 spiro atoms. The van der Waals surface area contributed by atoms with Gasteiger partial charge in [-0.15, -0.1) is 0 Å². The van der Waals surface area contributed by atoms with Gasteiger partial charge in [-0.2, -0.15) is 0 Å². The molecule has 0 atom stereocenters. The average molecular weight is 344 g/mol. The first-order chi connectivity index (χ1) is 9.97. The number of nitrogens with one attached hydrogen (secondary N) is 1. The Labute approximate surface area is 138 Å². The van der Waals surface area contributed by atoms with E-state index in [0.717, 1.165) is 5.56 Å². The minimum atomic E-state index is -0.243. The Balaban J connectivity index is 1.94. The van der Waals surface area contributed by atoms with Crippen molar-refractivity contribution < 1.29 is 4.79 Å². The predicted molar refractivity (Wildman–Crippen MR) is 88.4 cm³/mol. The number of benzene rings is 2. The van der Waals surface area contributed by atoms with E-state index in [-0.39, 0.29) is 21.6 Å². The van der Waals surface area contributed by atoms with Crippen LogP contribution in [0.15, 0.2) is 36.4 Å². The van der Waals surface area contributed by atoms with Gasteiger partial charge >= 0.3 is 0 Å². The Morgan fingerprint density at radius 2 is 1.62 bits per heavy atom. The lowest BCUT2D eigenvalue weighted by Crippen LogP contribution is -2.25. The molecule has 21 heavy (non-hydrogen) atoms. The summed E-state index contributed by atoms with van der Waals surface area (Å²) >= 11 is 17.6. The third-order valence-corrected chi connectivity index (χ3v) is 3.83. The van der Waals surface area contributed by atoms with Crippen molar-refractivity contribution in [3.05, 3.63) is 62.6 Å². The first-order valence-electron chi connectivity index (χ1n) is 6.24. The van der Waals surface area contributed by atoms with E-state index in [1.54, 1.807) is 0 Å². The summed E-state index contributed by atoms with van der Waals surface area (Å²) < 4.78 is 0. The number of nitrogens with two attached hydrogens (primary N) is 1. The molecule has 1 amide bonds. The van der Waals surface area contributed by atoms with Gasteiger partial charge in [0, 0.05) is 17.1 Å². The molecule has 3 nitrogen and oxygen atoms in total. The van der Waals surface area contributed by atoms with E-state index < -0.39 is 0 Å². The smallest absolute Gasteiger partial charge is 0.251 e. The van der Waals surface area contributed by atoms with E-state index in [0.29, 0.717) is 23.6 Å². The second-order valence-electron chi connectivity index (χ2n) is 4.49. The Hall–Kier alpha value is -1.42. The maximum atomic E-state index is 12.0. The molecule has 6 heteroatoms. The molecule has 0 saturated heterocycles. The van der Waals surface area contributed by atoms with E-state index in [1.807, 2.05) is 24.3 Å². The molecule has 0 aliphatic rings. The van der Waals surface area contributed by atoms with E-state index in [2.05, 4.69) is 5.32 Å². The SMILES string of the molecule is Nc1c(Cl)cc(C(=O)NCCc2ccc(Cl)cc2)cc1Cl. The van der Waals surface area contributed by atoms with Gasteiger partial charge in [0.15, 0.2) is 0 Å². The molecule has 0 bridgehead atoms. The lowest BCUT2D eigenvalue weighted by molar-refractivity contribution is 0.0954. The van der Waals surface area contributed by atoms with E-state index in [9.17, 15) is 4.79 Å². The Morgan fingerprint density at radius 1 is 1.05 bits per heavy atom. The maximum Gasteiger partial charge on any atom is 0.251 e. The third kappa shape index (κ3) is 4.27. The van der Waals surface area contributed by atoms with Crippen molar-refractivity contribution in [2.75, 3.05) is 12.3 Å². The van der Waals surface area contributed by atoms with Crippen molar-refractivity contribution in [2.45, 2.75) is 6.42 Å². The van der Waals surface area contributed by atoms with Crippen molar-refractivity contribution in [1.82, 2.24) is 5.32 Å². The lowest BCUT2D eigenvalue weighted by atomic mass is 10.1. The number of carbonyl (C=O) groups excluding carboxylic acids is 1. The number of rotatable bonds is 4. The Morgan fingerprint density at radius 3 is 2.19 bits per heavy atom. The van der Waals surface area contributed by atoms with E-state index >= 15 is 0 Å². The van der Waals surface area contributed by atoms with Crippen LogP contribution in [0.4, 0.5) is 5.69 Å². The van der Waals surface area contributed by atoms with Crippen molar-refractivity contribution >= 4 is 46.4 Å². The van der Waals surface area contributed by atoms with Gasteiger partial charge in [-0.05, 0) is 36.2 Å². The van der Waals surface area contributed by atoms with Crippen LogP contribution >= 0.6 is 34.8 Å². The van der Waals surface area contributed by atoms with Crippen LogP contribution in [0.2, 0.25) is 15.1 Å². The molecule has 110 valence electrons. The topological polar surface area (TPSA) is 55.1 Å². The Kier molecular flexibility index (Phi) is 5.34. The van der Waals surface area contributed by atoms with E-state index in [1.165, 1.54) is 12.1 Å². The molecular weight excluding hydrogens is 331 g/mol. The minimum Gasteiger partial charge on any atom is -0.396 e. The van der Waals surface area contributed by atoms with Crippen LogP contribution in [0.3, 0.4) is 0 Å². The molecule has 2 aromatic rings. The molecular formula is C15H13Cl3N2O. The van der Waals surface area contributed by atoms with Gasteiger partial charge in [0.1, 0.15) is 0 Å². The van der Waals surface area contributed by atoms with Crippen LogP contribution in [0, 0.1) is 0 Å². The normalized spacial score (nSPS) is 10.4. The summed E-state index contributed by atoms with van der Waals surface area (Å²) in [6.07, 6.45) is 0.708. The standard InChI is InChI=1S/C15H13Cl3N2O/c16-11-3-1-9(2-4-11)5-6-20-15(21)10-7-12(17)14(19)13(18)8-10/h1-4,7-8H,5-6,19H2,(H,20,21). The van der Waals surface area contributed by atoms with Crippen LogP contribution < -0.4 is 11.1 Å². The number of halogens is 3. The molecule has 0 aromatic heterocycles. The molecule has 2 aromatic carbocycles. The first kappa shape index (κ1) is 16.0. The molecule has 0 unspecified atom stereocenters. The summed E-state index contributed by atoms with van der Waals surface area (Å²) in [5, 5.41) is 4.03. The molecule has 0 fully saturated rings. The number of hydrogen-bond donors (Lipinski definition) is 2. The number of anilines is 1. The average Bonchev–Trinajstić information content (AvgIpc) is 2.46. The largest absolute Gasteiger partial charge is 0.396 e. The molecule has 3 N–H and O–H groups in total. The first-order valence-corrected chi connectivity index (χ1v) is 7.38. The van der Waals surface area contributed by atoms with Crippen molar-refractivity contribution in [1.29, 1.82) is 0 Å². The summed E-state index contributed by atoms with van der Waals surface area (Å²) in [5.74, 6) is -0.243. The van der Waals surface area contributed by atoms with Crippen LogP contribution in [-0.2, 0) is 6.42 Å². The molecule has 0 heterocycles. The number of amides is 1. The Bertz CT molecular complexity index is 633. The second kappa shape index (κ2) is 7.03. The summed E-state index contributed by atoms with van der Waals surface area (Å²) in [6.45, 7) is 0.500. The zero-order valence-electron chi connectivity index (χ0n) is 11.0. The van der Waals surface area contributed by atoms with E-state index in [4.69, 9.17) is 40.5 Å². The van der Waals surface area contributed by atoms with Gasteiger partial charge in [0.25, 0.3) is 5.91 Å². The molecule has 0 radical (unpaired) electrons. The highest BCUT2D eigenvalue weighted by Gasteiger charge is 2.10. The van der Waals surface area contributed by atoms with Gasteiger partial charge in [-0.3, -0.25) is 4.79 Å². The van der Waals surface area contributed by atoms with Gasteiger partial charge in [-0.1, -0.05) is 46.9 Å².